The first-order valence-corrected chi connectivity index (χ1v) is 4.22. The molecule has 0 aromatic heterocycles. The van der Waals surface area contributed by atoms with Crippen molar-refractivity contribution >= 4 is 31.1 Å². The molecule has 0 saturated heterocycles. The third-order valence-electron chi connectivity index (χ3n) is 0.509. The van der Waals surface area contributed by atoms with Crippen molar-refractivity contribution in [2.45, 2.75) is 13.3 Å². The van der Waals surface area contributed by atoms with Crippen molar-refractivity contribution in [2.75, 3.05) is 13.3 Å². The van der Waals surface area contributed by atoms with E-state index in [1.807, 2.05) is 6.92 Å². The molecule has 1 unspecified atom stereocenters. The summed E-state index contributed by atoms with van der Waals surface area (Å²) in [6.45, 7) is 4.22. The highest BCUT2D eigenvalue weighted by molar-refractivity contribution is 7.38. The molecular formula is C4H13MgO2P. The van der Waals surface area contributed by atoms with Crippen LogP contribution in [0.15, 0.2) is 0 Å². The molecule has 8 heavy (non-hydrogen) atoms. The highest BCUT2D eigenvalue weighted by atomic mass is 31.1. The van der Waals surface area contributed by atoms with E-state index in [1.54, 1.807) is 6.66 Å². The molecule has 4 heteroatoms. The Morgan fingerprint density at radius 1 is 1.62 bits per heavy atom. The predicted octanol–water partition coefficient (Wildman–Crippen LogP) is 0.601. The van der Waals surface area contributed by atoms with E-state index >= 15 is 0 Å². The van der Waals surface area contributed by atoms with Crippen molar-refractivity contribution in [3.8, 4) is 0 Å². The van der Waals surface area contributed by atoms with E-state index < -0.39 is 8.03 Å². The topological polar surface area (TPSA) is 26.3 Å². The Balaban J connectivity index is 0. The average molecular weight is 148 g/mol. The SMILES string of the molecule is CCCO[PH](C)=O.[MgH2]. The van der Waals surface area contributed by atoms with Gasteiger partial charge in [-0.05, 0) is 6.42 Å². The predicted molar refractivity (Wildman–Crippen MR) is 39.7 cm³/mol. The van der Waals surface area contributed by atoms with E-state index in [2.05, 4.69) is 0 Å². The second kappa shape index (κ2) is 7.96. The van der Waals surface area contributed by atoms with Crippen molar-refractivity contribution in [2.24, 2.45) is 0 Å². The molecule has 0 aliphatic heterocycles. The van der Waals surface area contributed by atoms with Gasteiger partial charge in [0, 0.05) is 6.66 Å². The Labute approximate surface area is 67.0 Å². The molecule has 0 saturated carbocycles. The minimum Gasteiger partial charge on any atom is -0.331 e. The molecule has 0 bridgehead atoms. The summed E-state index contributed by atoms with van der Waals surface area (Å²) in [7, 11) is -1.65. The lowest BCUT2D eigenvalue weighted by Gasteiger charge is -1.92. The van der Waals surface area contributed by atoms with E-state index in [0.717, 1.165) is 6.42 Å². The lowest BCUT2D eigenvalue weighted by atomic mass is 10.5. The van der Waals surface area contributed by atoms with Gasteiger partial charge in [-0.15, -0.1) is 0 Å². The van der Waals surface area contributed by atoms with Crippen LogP contribution in [-0.2, 0) is 9.09 Å². The van der Waals surface area contributed by atoms with Crippen LogP contribution < -0.4 is 0 Å². The van der Waals surface area contributed by atoms with Crippen LogP contribution in [0, 0.1) is 0 Å². The second-order valence-corrected chi connectivity index (χ2v) is 2.61. The second-order valence-electron chi connectivity index (χ2n) is 1.34. The Hall–Kier alpha value is 0.956. The zero-order valence-corrected chi connectivity index (χ0v) is 5.73. The van der Waals surface area contributed by atoms with Crippen LogP contribution in [0.4, 0.5) is 0 Å². The van der Waals surface area contributed by atoms with Crippen molar-refractivity contribution in [3.05, 3.63) is 0 Å². The lowest BCUT2D eigenvalue weighted by Crippen LogP contribution is -1.79. The molecule has 0 heterocycles. The number of rotatable bonds is 3. The third-order valence-corrected chi connectivity index (χ3v) is 1.12. The van der Waals surface area contributed by atoms with Crippen molar-refractivity contribution < 1.29 is 9.09 Å². The van der Waals surface area contributed by atoms with Crippen LogP contribution in [0.3, 0.4) is 0 Å². The molecule has 0 spiro atoms. The molecule has 0 aliphatic carbocycles. The van der Waals surface area contributed by atoms with Gasteiger partial charge in [0.2, 0.25) is 0 Å². The van der Waals surface area contributed by atoms with E-state index in [-0.39, 0.29) is 23.1 Å². The Morgan fingerprint density at radius 3 is 2.25 bits per heavy atom. The first-order chi connectivity index (χ1) is 3.27. The van der Waals surface area contributed by atoms with E-state index in [4.69, 9.17) is 4.52 Å². The molecule has 0 fully saturated rings. The molecule has 0 rings (SSSR count). The Bertz CT molecular complexity index is 67.1. The van der Waals surface area contributed by atoms with Crippen LogP contribution in [0.1, 0.15) is 13.3 Å². The van der Waals surface area contributed by atoms with E-state index in [1.165, 1.54) is 0 Å². The molecule has 0 N–H and O–H groups in total. The fourth-order valence-electron chi connectivity index (χ4n) is 0.246. The van der Waals surface area contributed by atoms with Gasteiger partial charge in [0.1, 0.15) is 0 Å². The van der Waals surface area contributed by atoms with Gasteiger partial charge in [-0.3, -0.25) is 4.57 Å². The van der Waals surface area contributed by atoms with Gasteiger partial charge in [-0.1, -0.05) is 6.92 Å². The maximum absolute atomic E-state index is 10.2. The number of hydrogen-bond acceptors (Lipinski definition) is 2. The average Bonchev–Trinajstić information content (AvgIpc) is 1.61. The Morgan fingerprint density at radius 2 is 2.12 bits per heavy atom. The third kappa shape index (κ3) is 10.0. The smallest absolute Gasteiger partial charge is 0.316 e. The monoisotopic (exact) mass is 148 g/mol. The Kier molecular flexibility index (Phi) is 11.7. The van der Waals surface area contributed by atoms with Gasteiger partial charge >= 0.3 is 23.1 Å². The quantitative estimate of drug-likeness (QED) is 0.433. The summed E-state index contributed by atoms with van der Waals surface area (Å²) in [4.78, 5) is 0. The standard InChI is InChI=1S/C4H11O2P.Mg.2H/c1-3-4-6-7(2)5;;;/h7H,3-4H2,1-2H3;;;. The summed E-state index contributed by atoms with van der Waals surface area (Å²) in [5.41, 5.74) is 0. The summed E-state index contributed by atoms with van der Waals surface area (Å²) in [5.74, 6) is 0. The molecule has 0 aromatic rings. The van der Waals surface area contributed by atoms with Crippen LogP contribution in [0.25, 0.3) is 0 Å². The van der Waals surface area contributed by atoms with Gasteiger partial charge in [-0.2, -0.15) is 0 Å². The number of hydrogen-bond donors (Lipinski definition) is 0. The van der Waals surface area contributed by atoms with Crippen LogP contribution in [0.2, 0.25) is 0 Å². The molecule has 0 amide bonds. The largest absolute Gasteiger partial charge is 0.331 e. The summed E-state index contributed by atoms with van der Waals surface area (Å²) in [5, 5.41) is 0. The minimum absolute atomic E-state index is 0. The van der Waals surface area contributed by atoms with E-state index in [0.29, 0.717) is 6.61 Å². The molecule has 1 atom stereocenters. The fourth-order valence-corrected chi connectivity index (χ4v) is 0.737. The summed E-state index contributed by atoms with van der Waals surface area (Å²) in [6.07, 6.45) is 0.949. The van der Waals surface area contributed by atoms with Crippen LogP contribution in [-0.4, -0.2) is 36.3 Å². The zero-order chi connectivity index (χ0) is 5.70. The van der Waals surface area contributed by atoms with E-state index in [9.17, 15) is 4.57 Å². The lowest BCUT2D eigenvalue weighted by molar-refractivity contribution is 0.332. The van der Waals surface area contributed by atoms with Crippen molar-refractivity contribution in [1.82, 2.24) is 0 Å². The molecular weight excluding hydrogens is 135 g/mol. The van der Waals surface area contributed by atoms with Gasteiger partial charge in [0.25, 0.3) is 0 Å². The van der Waals surface area contributed by atoms with Crippen molar-refractivity contribution in [3.63, 3.8) is 0 Å². The van der Waals surface area contributed by atoms with Gasteiger partial charge in [0.05, 0.1) is 6.61 Å². The highest BCUT2D eigenvalue weighted by Gasteiger charge is 1.83. The fraction of sp³-hybridized carbons (Fsp3) is 1.00. The zero-order valence-electron chi connectivity index (χ0n) is 4.73. The molecule has 0 radical (unpaired) electrons. The maximum Gasteiger partial charge on any atom is 0.316 e. The highest BCUT2D eigenvalue weighted by Crippen LogP contribution is 2.14. The molecule has 2 nitrogen and oxygen atoms in total. The summed E-state index contributed by atoms with van der Waals surface area (Å²) >= 11 is 0. The van der Waals surface area contributed by atoms with Crippen LogP contribution in [0.5, 0.6) is 0 Å². The minimum atomic E-state index is -1.65. The van der Waals surface area contributed by atoms with Gasteiger partial charge in [-0.25, -0.2) is 0 Å². The van der Waals surface area contributed by atoms with Gasteiger partial charge < -0.3 is 4.52 Å². The van der Waals surface area contributed by atoms with Gasteiger partial charge in [0.15, 0.2) is 8.03 Å². The molecule has 0 aromatic carbocycles. The maximum atomic E-state index is 10.2. The van der Waals surface area contributed by atoms with Crippen LogP contribution >= 0.6 is 8.03 Å². The van der Waals surface area contributed by atoms with Crippen molar-refractivity contribution in [1.29, 1.82) is 0 Å². The summed E-state index contributed by atoms with van der Waals surface area (Å²) < 4.78 is 14.9. The normalized spacial score (nSPS) is 12.2. The first kappa shape index (κ1) is 11.7. The molecule has 48 valence electrons. The summed E-state index contributed by atoms with van der Waals surface area (Å²) in [6, 6.07) is 0. The molecule has 0 aliphatic rings. The first-order valence-electron chi connectivity index (χ1n) is 2.40.